The molecular formula is C9H6ClF3O2. The molecule has 0 aliphatic heterocycles. The van der Waals surface area contributed by atoms with E-state index in [2.05, 4.69) is 4.74 Å². The lowest BCUT2D eigenvalue weighted by Gasteiger charge is -2.11. The molecule has 0 aromatic heterocycles. The third kappa shape index (κ3) is 2.62. The molecule has 0 unspecified atom stereocenters. The molecule has 0 fully saturated rings. The molecule has 6 heteroatoms. The molecule has 0 atom stereocenters. The quantitative estimate of drug-likeness (QED) is 0.703. The lowest BCUT2D eigenvalue weighted by Crippen LogP contribution is -2.14. The van der Waals surface area contributed by atoms with Crippen molar-refractivity contribution in [1.29, 1.82) is 0 Å². The zero-order valence-electron chi connectivity index (χ0n) is 7.56. The molecule has 82 valence electrons. The Kier molecular flexibility index (Phi) is 3.24. The molecule has 2 nitrogen and oxygen atoms in total. The Morgan fingerprint density at radius 1 is 1.40 bits per heavy atom. The van der Waals surface area contributed by atoms with E-state index in [0.29, 0.717) is 6.07 Å². The van der Waals surface area contributed by atoms with Crippen LogP contribution in [0.5, 0.6) is 0 Å². The summed E-state index contributed by atoms with van der Waals surface area (Å²) in [6, 6.07) is 2.87. The van der Waals surface area contributed by atoms with Gasteiger partial charge in [0.15, 0.2) is 0 Å². The first kappa shape index (κ1) is 11.8. The Morgan fingerprint density at radius 3 is 2.47 bits per heavy atom. The van der Waals surface area contributed by atoms with Gasteiger partial charge >= 0.3 is 12.1 Å². The molecule has 0 N–H and O–H groups in total. The molecule has 15 heavy (non-hydrogen) atoms. The first-order valence-electron chi connectivity index (χ1n) is 3.81. The van der Waals surface area contributed by atoms with Crippen LogP contribution in [0.1, 0.15) is 15.9 Å². The number of methoxy groups -OCH3 is 1. The summed E-state index contributed by atoms with van der Waals surface area (Å²) in [5, 5.41) is -0.0880. The molecule has 0 aliphatic carbocycles. The summed E-state index contributed by atoms with van der Waals surface area (Å²) in [6.45, 7) is 0. The fourth-order valence-corrected chi connectivity index (χ4v) is 1.21. The maximum Gasteiger partial charge on any atom is 0.417 e. The second kappa shape index (κ2) is 4.10. The van der Waals surface area contributed by atoms with Gasteiger partial charge in [0.25, 0.3) is 0 Å². The summed E-state index contributed by atoms with van der Waals surface area (Å²) in [7, 11) is 1.01. The number of hydrogen-bond donors (Lipinski definition) is 0. The van der Waals surface area contributed by atoms with E-state index in [1.54, 1.807) is 0 Å². The van der Waals surface area contributed by atoms with Gasteiger partial charge in [-0.25, -0.2) is 4.79 Å². The normalized spacial score (nSPS) is 11.3. The summed E-state index contributed by atoms with van der Waals surface area (Å²) in [5.41, 5.74) is -1.64. The number of ether oxygens (including phenoxy) is 1. The number of carbonyl (C=O) groups is 1. The Balaban J connectivity index is 3.33. The van der Waals surface area contributed by atoms with Gasteiger partial charge in [0.1, 0.15) is 0 Å². The molecular weight excluding hydrogens is 233 g/mol. The second-order valence-corrected chi connectivity index (χ2v) is 3.12. The lowest BCUT2D eigenvalue weighted by molar-refractivity contribution is -0.138. The standard InChI is InChI=1S/C9H6ClF3O2/c1-15-8(14)6-3-2-5(10)4-7(6)9(11,12)13/h2-4H,1H3. The summed E-state index contributed by atoms with van der Waals surface area (Å²) in [5.74, 6) is -1.04. The SMILES string of the molecule is COC(=O)c1ccc(Cl)cc1C(F)(F)F. The predicted molar refractivity (Wildman–Crippen MR) is 47.8 cm³/mol. The van der Waals surface area contributed by atoms with Crippen LogP contribution in [0.2, 0.25) is 5.02 Å². The van der Waals surface area contributed by atoms with E-state index >= 15 is 0 Å². The van der Waals surface area contributed by atoms with Crippen LogP contribution in [0.15, 0.2) is 18.2 Å². The van der Waals surface area contributed by atoms with Gasteiger partial charge in [0.2, 0.25) is 0 Å². The highest BCUT2D eigenvalue weighted by molar-refractivity contribution is 6.30. The number of hydrogen-bond acceptors (Lipinski definition) is 2. The van der Waals surface area contributed by atoms with E-state index < -0.39 is 23.3 Å². The maximum atomic E-state index is 12.5. The Hall–Kier alpha value is -1.23. The topological polar surface area (TPSA) is 26.3 Å². The molecule has 0 aliphatic rings. The minimum Gasteiger partial charge on any atom is -0.465 e. The highest BCUT2D eigenvalue weighted by atomic mass is 35.5. The van der Waals surface area contributed by atoms with Crippen molar-refractivity contribution < 1.29 is 22.7 Å². The summed E-state index contributed by atoms with van der Waals surface area (Å²) in [4.78, 5) is 11.0. The Morgan fingerprint density at radius 2 is 2.00 bits per heavy atom. The molecule has 0 saturated carbocycles. The van der Waals surface area contributed by atoms with Crippen LogP contribution >= 0.6 is 11.6 Å². The van der Waals surface area contributed by atoms with Crippen molar-refractivity contribution in [3.8, 4) is 0 Å². The van der Waals surface area contributed by atoms with Crippen LogP contribution in [-0.2, 0) is 10.9 Å². The van der Waals surface area contributed by atoms with Crippen molar-refractivity contribution in [2.45, 2.75) is 6.18 Å². The van der Waals surface area contributed by atoms with Crippen LogP contribution in [0.4, 0.5) is 13.2 Å². The smallest absolute Gasteiger partial charge is 0.417 e. The van der Waals surface area contributed by atoms with Gasteiger partial charge in [-0.15, -0.1) is 0 Å². The highest BCUT2D eigenvalue weighted by Crippen LogP contribution is 2.33. The van der Waals surface area contributed by atoms with Gasteiger partial charge < -0.3 is 4.74 Å². The largest absolute Gasteiger partial charge is 0.465 e. The first-order chi connectivity index (χ1) is 6.86. The summed E-state index contributed by atoms with van der Waals surface area (Å²) >= 11 is 5.42. The van der Waals surface area contributed by atoms with Crippen LogP contribution in [-0.4, -0.2) is 13.1 Å². The number of benzene rings is 1. The third-order valence-electron chi connectivity index (χ3n) is 1.69. The summed E-state index contributed by atoms with van der Waals surface area (Å²) < 4.78 is 41.6. The van der Waals surface area contributed by atoms with E-state index in [0.717, 1.165) is 13.2 Å². The Bertz CT molecular complexity index is 387. The first-order valence-corrected chi connectivity index (χ1v) is 4.19. The van der Waals surface area contributed by atoms with E-state index in [1.165, 1.54) is 6.07 Å². The molecule has 0 radical (unpaired) electrons. The van der Waals surface area contributed by atoms with Crippen molar-refractivity contribution in [2.75, 3.05) is 7.11 Å². The van der Waals surface area contributed by atoms with Crippen molar-refractivity contribution >= 4 is 17.6 Å². The molecule has 1 aromatic rings. The van der Waals surface area contributed by atoms with Gasteiger partial charge in [-0.2, -0.15) is 13.2 Å². The minimum absolute atomic E-state index is 0.0880. The van der Waals surface area contributed by atoms with E-state index in [9.17, 15) is 18.0 Å². The predicted octanol–water partition coefficient (Wildman–Crippen LogP) is 3.15. The van der Waals surface area contributed by atoms with Crippen LogP contribution in [0.3, 0.4) is 0 Å². The number of esters is 1. The van der Waals surface area contributed by atoms with E-state index in [-0.39, 0.29) is 5.02 Å². The molecule has 0 heterocycles. The molecule has 0 amide bonds. The zero-order valence-corrected chi connectivity index (χ0v) is 8.32. The van der Waals surface area contributed by atoms with Crippen LogP contribution in [0, 0.1) is 0 Å². The van der Waals surface area contributed by atoms with Crippen molar-refractivity contribution in [1.82, 2.24) is 0 Å². The van der Waals surface area contributed by atoms with E-state index in [1.807, 2.05) is 0 Å². The number of alkyl halides is 3. The summed E-state index contributed by atoms with van der Waals surface area (Å²) in [6.07, 6.45) is -4.63. The number of halogens is 4. The van der Waals surface area contributed by atoms with Crippen molar-refractivity contribution in [3.05, 3.63) is 34.3 Å². The number of carbonyl (C=O) groups excluding carboxylic acids is 1. The van der Waals surface area contributed by atoms with Gasteiger partial charge in [-0.3, -0.25) is 0 Å². The van der Waals surface area contributed by atoms with Crippen LogP contribution in [0.25, 0.3) is 0 Å². The highest BCUT2D eigenvalue weighted by Gasteiger charge is 2.35. The zero-order chi connectivity index (χ0) is 11.6. The molecule has 0 bridgehead atoms. The average molecular weight is 239 g/mol. The third-order valence-corrected chi connectivity index (χ3v) is 1.93. The fourth-order valence-electron chi connectivity index (χ4n) is 1.04. The lowest BCUT2D eigenvalue weighted by atomic mass is 10.1. The average Bonchev–Trinajstić information content (AvgIpc) is 2.15. The molecule has 1 rings (SSSR count). The minimum atomic E-state index is -4.63. The van der Waals surface area contributed by atoms with Crippen LogP contribution < -0.4 is 0 Å². The van der Waals surface area contributed by atoms with Gasteiger partial charge in [0.05, 0.1) is 18.2 Å². The monoisotopic (exact) mass is 238 g/mol. The molecule has 1 aromatic carbocycles. The number of rotatable bonds is 1. The van der Waals surface area contributed by atoms with Gasteiger partial charge in [0, 0.05) is 5.02 Å². The van der Waals surface area contributed by atoms with Gasteiger partial charge in [-0.05, 0) is 18.2 Å². The molecule has 0 spiro atoms. The van der Waals surface area contributed by atoms with Crippen molar-refractivity contribution in [2.24, 2.45) is 0 Å². The fraction of sp³-hybridized carbons (Fsp3) is 0.222. The van der Waals surface area contributed by atoms with Gasteiger partial charge in [-0.1, -0.05) is 11.6 Å². The van der Waals surface area contributed by atoms with Crippen molar-refractivity contribution in [3.63, 3.8) is 0 Å². The Labute approximate surface area is 88.6 Å². The molecule has 0 saturated heterocycles. The van der Waals surface area contributed by atoms with E-state index in [4.69, 9.17) is 11.6 Å². The maximum absolute atomic E-state index is 12.5. The second-order valence-electron chi connectivity index (χ2n) is 2.68.